The van der Waals surface area contributed by atoms with E-state index in [4.69, 9.17) is 0 Å². The fraction of sp³-hybridized carbons (Fsp3) is 0.583. The molecule has 15 heavy (non-hydrogen) atoms. The molecule has 1 atom stereocenters. The number of likely N-dealkylation sites (tertiary alicyclic amines) is 1. The van der Waals surface area contributed by atoms with Crippen molar-refractivity contribution in [2.75, 3.05) is 24.5 Å². The highest BCUT2D eigenvalue weighted by atomic mass is 15.5. The van der Waals surface area contributed by atoms with Gasteiger partial charge in [0, 0.05) is 19.3 Å². The summed E-state index contributed by atoms with van der Waals surface area (Å²) >= 11 is 0. The van der Waals surface area contributed by atoms with Crippen LogP contribution in [0.1, 0.15) is 18.4 Å². The van der Waals surface area contributed by atoms with Crippen LogP contribution in [-0.4, -0.2) is 35.7 Å². The Morgan fingerprint density at radius 2 is 2.07 bits per heavy atom. The molecule has 3 heteroatoms. The minimum atomic E-state index is 0.641. The number of hydrogen-bond acceptors (Lipinski definition) is 3. The number of aryl methyl sites for hydroxylation is 1. The largest absolute Gasteiger partial charge is 0.336 e. The molecular weight excluding hydrogens is 186 g/mol. The molecule has 0 spiro atoms. The number of rotatable bonds is 2. The summed E-state index contributed by atoms with van der Waals surface area (Å²) in [5.41, 5.74) is 1.23. The lowest BCUT2D eigenvalue weighted by molar-refractivity contribution is 0.332. The van der Waals surface area contributed by atoms with Crippen LogP contribution < -0.4 is 4.90 Å². The van der Waals surface area contributed by atoms with E-state index in [1.807, 2.05) is 6.20 Å². The van der Waals surface area contributed by atoms with Crippen molar-refractivity contribution >= 4 is 5.82 Å². The van der Waals surface area contributed by atoms with Gasteiger partial charge in [0.15, 0.2) is 0 Å². The second kappa shape index (κ2) is 3.49. The summed E-state index contributed by atoms with van der Waals surface area (Å²) in [5, 5.41) is 0. The third kappa shape index (κ3) is 1.72. The topological polar surface area (TPSA) is 19.1 Å². The summed E-state index contributed by atoms with van der Waals surface area (Å²) in [6.07, 6.45) is 5.33. The average molecular weight is 203 g/mol. The molecule has 3 heterocycles. The van der Waals surface area contributed by atoms with Gasteiger partial charge in [-0.2, -0.15) is 0 Å². The first-order valence-electron chi connectivity index (χ1n) is 5.78. The van der Waals surface area contributed by atoms with E-state index in [-0.39, 0.29) is 0 Å². The van der Waals surface area contributed by atoms with E-state index in [1.165, 1.54) is 31.5 Å². The van der Waals surface area contributed by atoms with Gasteiger partial charge >= 0.3 is 0 Å². The normalized spacial score (nSPS) is 25.9. The van der Waals surface area contributed by atoms with Crippen molar-refractivity contribution in [2.24, 2.45) is 0 Å². The predicted octanol–water partition coefficient (Wildman–Crippen LogP) is 1.63. The van der Waals surface area contributed by atoms with Crippen molar-refractivity contribution in [3.63, 3.8) is 0 Å². The molecule has 0 bridgehead atoms. The lowest BCUT2D eigenvalue weighted by Crippen LogP contribution is -2.26. The molecule has 0 saturated carbocycles. The molecular formula is C12H17N3. The first kappa shape index (κ1) is 9.16. The lowest BCUT2D eigenvalue weighted by Gasteiger charge is -2.14. The van der Waals surface area contributed by atoms with Gasteiger partial charge in [0.1, 0.15) is 12.0 Å². The monoisotopic (exact) mass is 203 g/mol. The van der Waals surface area contributed by atoms with Crippen molar-refractivity contribution in [2.45, 2.75) is 25.9 Å². The molecule has 2 saturated heterocycles. The Morgan fingerprint density at radius 3 is 2.73 bits per heavy atom. The molecule has 0 amide bonds. The van der Waals surface area contributed by atoms with Crippen LogP contribution in [0.4, 0.5) is 5.82 Å². The van der Waals surface area contributed by atoms with Crippen LogP contribution in [0.5, 0.6) is 0 Å². The molecule has 0 aliphatic carbocycles. The van der Waals surface area contributed by atoms with Crippen molar-refractivity contribution in [3.05, 3.63) is 23.9 Å². The van der Waals surface area contributed by atoms with E-state index in [9.17, 15) is 0 Å². The average Bonchev–Trinajstić information content (AvgIpc) is 2.87. The maximum absolute atomic E-state index is 4.46. The first-order valence-corrected chi connectivity index (χ1v) is 5.78. The van der Waals surface area contributed by atoms with E-state index in [0.29, 0.717) is 6.17 Å². The van der Waals surface area contributed by atoms with Crippen LogP contribution in [0.15, 0.2) is 18.3 Å². The van der Waals surface area contributed by atoms with Gasteiger partial charge in [-0.25, -0.2) is 4.98 Å². The van der Waals surface area contributed by atoms with E-state index >= 15 is 0 Å². The van der Waals surface area contributed by atoms with Crippen molar-refractivity contribution in [1.29, 1.82) is 0 Å². The summed E-state index contributed by atoms with van der Waals surface area (Å²) < 4.78 is 0. The van der Waals surface area contributed by atoms with Crippen LogP contribution in [0, 0.1) is 6.92 Å². The van der Waals surface area contributed by atoms with Crippen molar-refractivity contribution in [3.8, 4) is 0 Å². The Morgan fingerprint density at radius 1 is 1.27 bits per heavy atom. The number of pyridine rings is 1. The van der Waals surface area contributed by atoms with Gasteiger partial charge in [0.25, 0.3) is 0 Å². The summed E-state index contributed by atoms with van der Waals surface area (Å²) in [7, 11) is 0. The summed E-state index contributed by atoms with van der Waals surface area (Å²) in [6.45, 7) is 5.78. The molecule has 1 unspecified atom stereocenters. The van der Waals surface area contributed by atoms with Gasteiger partial charge in [0.05, 0.1) is 6.54 Å². The lowest BCUT2D eigenvalue weighted by atomic mass is 10.3. The van der Waals surface area contributed by atoms with Gasteiger partial charge in [-0.3, -0.25) is 4.90 Å². The zero-order valence-electron chi connectivity index (χ0n) is 9.19. The SMILES string of the molecule is Cc1ccc(N2CC2N2CCCC2)nc1. The van der Waals surface area contributed by atoms with Gasteiger partial charge in [-0.1, -0.05) is 6.07 Å². The van der Waals surface area contributed by atoms with Crippen LogP contribution in [0.25, 0.3) is 0 Å². The van der Waals surface area contributed by atoms with E-state index in [1.54, 1.807) is 0 Å². The Labute approximate surface area is 90.7 Å². The molecule has 0 aromatic carbocycles. The second-order valence-electron chi connectivity index (χ2n) is 4.57. The number of anilines is 1. The highest BCUT2D eigenvalue weighted by Gasteiger charge is 2.40. The first-order chi connectivity index (χ1) is 7.34. The molecule has 1 aromatic heterocycles. The zero-order valence-corrected chi connectivity index (χ0v) is 9.19. The molecule has 3 rings (SSSR count). The van der Waals surface area contributed by atoms with E-state index in [2.05, 4.69) is 33.8 Å². The molecule has 1 aromatic rings. The predicted molar refractivity (Wildman–Crippen MR) is 60.9 cm³/mol. The van der Waals surface area contributed by atoms with Crippen LogP contribution in [-0.2, 0) is 0 Å². The molecule has 80 valence electrons. The number of hydrogen-bond donors (Lipinski definition) is 0. The van der Waals surface area contributed by atoms with Crippen molar-refractivity contribution in [1.82, 2.24) is 9.88 Å². The minimum absolute atomic E-state index is 0.641. The molecule has 2 aliphatic rings. The minimum Gasteiger partial charge on any atom is -0.336 e. The van der Waals surface area contributed by atoms with Gasteiger partial charge in [0.2, 0.25) is 0 Å². The molecule has 3 nitrogen and oxygen atoms in total. The molecule has 2 aliphatic heterocycles. The van der Waals surface area contributed by atoms with E-state index in [0.717, 1.165) is 12.4 Å². The molecule has 0 radical (unpaired) electrons. The van der Waals surface area contributed by atoms with Gasteiger partial charge in [-0.05, 0) is 31.4 Å². The summed E-state index contributed by atoms with van der Waals surface area (Å²) in [6, 6.07) is 4.27. The fourth-order valence-electron chi connectivity index (χ4n) is 2.36. The summed E-state index contributed by atoms with van der Waals surface area (Å²) in [4.78, 5) is 9.41. The van der Waals surface area contributed by atoms with Crippen LogP contribution in [0.3, 0.4) is 0 Å². The Bertz CT molecular complexity index is 340. The Hall–Kier alpha value is -1.09. The number of aromatic nitrogens is 1. The summed E-state index contributed by atoms with van der Waals surface area (Å²) in [5.74, 6) is 1.14. The Kier molecular flexibility index (Phi) is 2.13. The maximum atomic E-state index is 4.46. The standard InChI is InChI=1S/C12H17N3/c1-10-4-5-11(13-8-10)15-9-12(15)14-6-2-3-7-14/h4-5,8,12H,2-3,6-7,9H2,1H3. The third-order valence-electron chi connectivity index (χ3n) is 3.34. The van der Waals surface area contributed by atoms with E-state index < -0.39 is 0 Å². The smallest absolute Gasteiger partial charge is 0.129 e. The highest BCUT2D eigenvalue weighted by molar-refractivity contribution is 5.47. The third-order valence-corrected chi connectivity index (χ3v) is 3.34. The molecule has 0 N–H and O–H groups in total. The van der Waals surface area contributed by atoms with Gasteiger partial charge in [-0.15, -0.1) is 0 Å². The fourth-order valence-corrected chi connectivity index (χ4v) is 2.36. The number of nitrogens with zero attached hydrogens (tertiary/aromatic N) is 3. The highest BCUT2D eigenvalue weighted by Crippen LogP contribution is 2.30. The van der Waals surface area contributed by atoms with Crippen molar-refractivity contribution < 1.29 is 0 Å². The zero-order chi connectivity index (χ0) is 10.3. The Balaban J connectivity index is 1.68. The van der Waals surface area contributed by atoms with Crippen LogP contribution >= 0.6 is 0 Å². The second-order valence-corrected chi connectivity index (χ2v) is 4.57. The molecule has 2 fully saturated rings. The van der Waals surface area contributed by atoms with Crippen LogP contribution in [0.2, 0.25) is 0 Å². The van der Waals surface area contributed by atoms with Gasteiger partial charge < -0.3 is 4.90 Å². The quantitative estimate of drug-likeness (QED) is 0.681. The maximum Gasteiger partial charge on any atom is 0.129 e.